The molecule has 0 spiro atoms. The molecule has 0 aliphatic carbocycles. The van der Waals surface area contributed by atoms with E-state index in [1.807, 2.05) is 6.07 Å². The van der Waals surface area contributed by atoms with Gasteiger partial charge in [-0.25, -0.2) is 0 Å². The zero-order chi connectivity index (χ0) is 15.2. The molecule has 2 rings (SSSR count). The summed E-state index contributed by atoms with van der Waals surface area (Å²) in [6, 6.07) is 10.3. The minimum atomic E-state index is -0.627. The first-order chi connectivity index (χ1) is 10.1. The highest BCUT2D eigenvalue weighted by Crippen LogP contribution is 2.15. The third-order valence-electron chi connectivity index (χ3n) is 2.45. The number of benzene rings is 1. The van der Waals surface area contributed by atoms with E-state index in [-0.39, 0.29) is 11.5 Å². The van der Waals surface area contributed by atoms with Crippen LogP contribution in [-0.4, -0.2) is 11.1 Å². The highest BCUT2D eigenvalue weighted by atomic mass is 16.5. The topological polar surface area (TPSA) is 103 Å². The lowest BCUT2D eigenvalue weighted by Gasteiger charge is -2.10. The number of nitrogens with zero attached hydrogens (tertiary/aromatic N) is 3. The van der Waals surface area contributed by atoms with Gasteiger partial charge < -0.3 is 14.9 Å². The summed E-state index contributed by atoms with van der Waals surface area (Å²) in [4.78, 5) is 12.0. The van der Waals surface area contributed by atoms with Gasteiger partial charge in [0.2, 0.25) is 5.82 Å². The predicted octanol–water partition coefficient (Wildman–Crippen LogP) is 2.30. The van der Waals surface area contributed by atoms with Gasteiger partial charge in [0.25, 0.3) is 5.91 Å². The van der Waals surface area contributed by atoms with E-state index in [0.29, 0.717) is 11.4 Å². The predicted molar refractivity (Wildman–Crippen MR) is 73.5 cm³/mol. The fourth-order valence-electron chi connectivity index (χ4n) is 1.49. The van der Waals surface area contributed by atoms with Gasteiger partial charge in [0.05, 0.1) is 0 Å². The van der Waals surface area contributed by atoms with Gasteiger partial charge >= 0.3 is 0 Å². The number of carbonyl (C=O) groups is 1. The number of hydrogen-bond donors (Lipinski definition) is 1. The van der Waals surface area contributed by atoms with Crippen LogP contribution in [0.25, 0.3) is 0 Å². The number of nitrogens with one attached hydrogen (secondary N) is 1. The molecule has 0 fully saturated rings. The molecular weight excluding hydrogens is 272 g/mol. The first kappa shape index (κ1) is 14.4. The van der Waals surface area contributed by atoms with Crippen LogP contribution in [0, 0.1) is 6.92 Å². The Kier molecular flexibility index (Phi) is 4.45. The zero-order valence-corrected chi connectivity index (χ0v) is 11.5. The Morgan fingerprint density at radius 3 is 2.62 bits per heavy atom. The summed E-state index contributed by atoms with van der Waals surface area (Å²) in [6.07, 6.45) is 0. The van der Waals surface area contributed by atoms with E-state index in [0.717, 1.165) is 0 Å². The summed E-state index contributed by atoms with van der Waals surface area (Å²) in [6.45, 7) is 2.94. The Morgan fingerprint density at radius 1 is 1.33 bits per heavy atom. The van der Waals surface area contributed by atoms with Crippen LogP contribution in [0.1, 0.15) is 12.7 Å². The third-order valence-corrected chi connectivity index (χ3v) is 2.45. The Labute approximate surface area is 121 Å². The lowest BCUT2D eigenvalue weighted by Crippen LogP contribution is -2.17. The summed E-state index contributed by atoms with van der Waals surface area (Å²) >= 11 is 0. The molecule has 1 aromatic heterocycles. The Bertz CT molecular complexity index is 685. The number of carbonyl (C=O) groups excluding carboxylic acids is 1. The molecule has 1 heterocycles. The maximum atomic E-state index is 12.0. The monoisotopic (exact) mass is 285 g/mol. The van der Waals surface area contributed by atoms with Gasteiger partial charge in [0, 0.05) is 11.8 Å². The molecule has 0 radical (unpaired) electrons. The summed E-state index contributed by atoms with van der Waals surface area (Å²) < 4.78 is 4.81. The Morgan fingerprint density at radius 2 is 2.05 bits per heavy atom. The molecule has 7 nitrogen and oxygen atoms in total. The number of para-hydroxylation sites is 1. The molecule has 0 saturated heterocycles. The van der Waals surface area contributed by atoms with Gasteiger partial charge in [-0.1, -0.05) is 30.3 Å². The van der Waals surface area contributed by atoms with Crippen molar-refractivity contribution in [2.75, 3.05) is 5.32 Å². The largest absolute Gasteiger partial charge is 0.874 e. The van der Waals surface area contributed by atoms with E-state index in [4.69, 9.17) is 4.52 Å². The molecule has 0 saturated carbocycles. The van der Waals surface area contributed by atoms with E-state index in [9.17, 15) is 9.90 Å². The Hall–Kier alpha value is -2.96. The van der Waals surface area contributed by atoms with E-state index in [1.165, 1.54) is 13.0 Å². The zero-order valence-electron chi connectivity index (χ0n) is 11.5. The van der Waals surface area contributed by atoms with E-state index < -0.39 is 11.7 Å². The van der Waals surface area contributed by atoms with Crippen LogP contribution in [0.3, 0.4) is 0 Å². The molecule has 0 aliphatic rings. The van der Waals surface area contributed by atoms with Gasteiger partial charge in [-0.05, 0) is 19.1 Å². The molecular formula is C14H13N4O3-. The van der Waals surface area contributed by atoms with Crippen molar-refractivity contribution in [3.63, 3.8) is 0 Å². The number of anilines is 1. The summed E-state index contributed by atoms with van der Waals surface area (Å²) in [5.41, 5.74) is 0.258. The first-order valence-electron chi connectivity index (χ1n) is 6.15. The smallest absolute Gasteiger partial charge is 0.275 e. The Balaban J connectivity index is 2.14. The molecule has 1 amide bonds. The number of azo groups is 1. The molecule has 0 unspecified atom stereocenters. The number of rotatable bonds is 4. The lowest BCUT2D eigenvalue weighted by atomic mass is 10.3. The molecule has 108 valence electrons. The molecule has 0 aliphatic heterocycles. The second kappa shape index (κ2) is 6.47. The van der Waals surface area contributed by atoms with Gasteiger partial charge in [-0.2, -0.15) is 0 Å². The number of aromatic nitrogens is 1. The molecule has 21 heavy (non-hydrogen) atoms. The average molecular weight is 285 g/mol. The molecule has 0 bridgehead atoms. The van der Waals surface area contributed by atoms with Crippen molar-refractivity contribution in [1.29, 1.82) is 0 Å². The quantitative estimate of drug-likeness (QED) is 0.528. The van der Waals surface area contributed by atoms with Gasteiger partial charge in [-0.3, -0.25) is 4.79 Å². The van der Waals surface area contributed by atoms with E-state index in [1.54, 1.807) is 31.2 Å². The summed E-state index contributed by atoms with van der Waals surface area (Å²) in [5.74, 6) is -0.370. The number of aryl methyl sites for hydroxylation is 1. The normalized spacial score (nSPS) is 12.3. The summed E-state index contributed by atoms with van der Waals surface area (Å²) in [5, 5.41) is 25.0. The van der Waals surface area contributed by atoms with Crippen molar-refractivity contribution in [2.45, 2.75) is 13.8 Å². The van der Waals surface area contributed by atoms with E-state index in [2.05, 4.69) is 20.7 Å². The van der Waals surface area contributed by atoms with Gasteiger partial charge in [0.15, 0.2) is 0 Å². The van der Waals surface area contributed by atoms with Crippen LogP contribution in [0.15, 0.2) is 62.6 Å². The van der Waals surface area contributed by atoms with Crippen molar-refractivity contribution in [1.82, 2.24) is 5.16 Å². The summed E-state index contributed by atoms with van der Waals surface area (Å²) in [7, 11) is 0. The highest BCUT2D eigenvalue weighted by Gasteiger charge is 2.09. The minimum Gasteiger partial charge on any atom is -0.874 e. The fourth-order valence-corrected chi connectivity index (χ4v) is 1.49. The number of allylic oxidation sites excluding steroid dienone is 1. The molecule has 1 aromatic carbocycles. The average Bonchev–Trinajstić information content (AvgIpc) is 2.85. The maximum absolute atomic E-state index is 12.0. The van der Waals surface area contributed by atoms with Crippen molar-refractivity contribution in [3.05, 3.63) is 53.6 Å². The molecule has 1 N–H and O–H groups in total. The highest BCUT2D eigenvalue weighted by molar-refractivity contribution is 6.03. The van der Waals surface area contributed by atoms with Crippen LogP contribution < -0.4 is 10.4 Å². The fraction of sp³-hybridized carbons (Fsp3) is 0.143. The van der Waals surface area contributed by atoms with Gasteiger partial charge in [0.1, 0.15) is 11.5 Å². The second-order valence-corrected chi connectivity index (χ2v) is 4.22. The number of amides is 1. The third kappa shape index (κ3) is 4.00. The molecule has 2 aromatic rings. The lowest BCUT2D eigenvalue weighted by molar-refractivity contribution is -0.303. The number of hydrogen-bond acceptors (Lipinski definition) is 6. The van der Waals surface area contributed by atoms with Crippen molar-refractivity contribution in [3.8, 4) is 0 Å². The SMILES string of the molecule is C/C([O-])=C(/N=Nc1cc(C)on1)C(=O)Nc1ccccc1. The van der Waals surface area contributed by atoms with Gasteiger partial charge in [-0.15, -0.1) is 16.0 Å². The van der Waals surface area contributed by atoms with Crippen molar-refractivity contribution < 1.29 is 14.4 Å². The van der Waals surface area contributed by atoms with E-state index >= 15 is 0 Å². The van der Waals surface area contributed by atoms with Crippen LogP contribution in [0.5, 0.6) is 0 Å². The minimum absolute atomic E-state index is 0.193. The van der Waals surface area contributed by atoms with Crippen LogP contribution in [0.2, 0.25) is 0 Å². The molecule has 0 atom stereocenters. The van der Waals surface area contributed by atoms with Crippen LogP contribution in [-0.2, 0) is 4.79 Å². The van der Waals surface area contributed by atoms with Crippen LogP contribution in [0.4, 0.5) is 11.5 Å². The van der Waals surface area contributed by atoms with Crippen LogP contribution >= 0.6 is 0 Å². The first-order valence-corrected chi connectivity index (χ1v) is 6.15. The van der Waals surface area contributed by atoms with Crippen molar-refractivity contribution in [2.24, 2.45) is 10.2 Å². The maximum Gasteiger partial charge on any atom is 0.275 e. The standard InChI is InChI=1S/C14H14N4O3/c1-9-8-12(18-21-9)16-17-13(10(2)19)14(20)15-11-6-4-3-5-7-11/h3-8,19H,1-2H3,(H,15,20)/p-1/b13-10-,17-16?. The second-order valence-electron chi connectivity index (χ2n) is 4.22. The molecule has 7 heteroatoms. The van der Waals surface area contributed by atoms with Crippen molar-refractivity contribution >= 4 is 17.4 Å².